The number of aromatic nitrogens is 2. The van der Waals surface area contributed by atoms with Crippen molar-refractivity contribution in [2.45, 2.75) is 31.7 Å². The van der Waals surface area contributed by atoms with E-state index in [0.717, 1.165) is 37.2 Å². The van der Waals surface area contributed by atoms with Gasteiger partial charge in [0, 0.05) is 31.7 Å². The predicted molar refractivity (Wildman–Crippen MR) is 77.5 cm³/mol. The van der Waals surface area contributed by atoms with Crippen LogP contribution in [-0.4, -0.2) is 42.7 Å². The second-order valence-electron chi connectivity index (χ2n) is 5.66. The molecule has 2 heterocycles. The molecule has 2 N–H and O–H groups in total. The maximum absolute atomic E-state index is 4.40. The van der Waals surface area contributed by atoms with Crippen molar-refractivity contribution in [3.8, 4) is 0 Å². The Morgan fingerprint density at radius 2 is 2.21 bits per heavy atom. The lowest BCUT2D eigenvalue weighted by Gasteiger charge is -2.25. The van der Waals surface area contributed by atoms with Gasteiger partial charge in [0.25, 0.3) is 0 Å². The topological polar surface area (TPSA) is 53.1 Å². The molecule has 1 saturated heterocycles. The first kappa shape index (κ1) is 12.7. The normalized spacial score (nSPS) is 23.4. The molecule has 0 bridgehead atoms. The molecule has 1 aliphatic heterocycles. The lowest BCUT2D eigenvalue weighted by Crippen LogP contribution is -2.30. The van der Waals surface area contributed by atoms with E-state index in [1.54, 1.807) is 6.33 Å². The number of nitrogens with one attached hydrogen (secondary N) is 2. The summed E-state index contributed by atoms with van der Waals surface area (Å²) in [5.74, 6) is 2.85. The van der Waals surface area contributed by atoms with Gasteiger partial charge in [-0.3, -0.25) is 0 Å². The molecule has 5 heteroatoms. The summed E-state index contributed by atoms with van der Waals surface area (Å²) in [6, 6.07) is 2.66. The molecule has 2 fully saturated rings. The van der Waals surface area contributed by atoms with Gasteiger partial charge in [-0.15, -0.1) is 0 Å². The maximum atomic E-state index is 4.40. The molecule has 1 unspecified atom stereocenters. The van der Waals surface area contributed by atoms with Crippen molar-refractivity contribution in [3.63, 3.8) is 0 Å². The van der Waals surface area contributed by atoms with Crippen LogP contribution in [0, 0.1) is 5.92 Å². The zero-order valence-corrected chi connectivity index (χ0v) is 11.6. The SMILES string of the molecule is CNC1CCN(c2cc(NCC3CCC3)ncn2)C1. The van der Waals surface area contributed by atoms with Crippen molar-refractivity contribution < 1.29 is 0 Å². The number of rotatable bonds is 5. The molecular formula is C14H23N5. The van der Waals surface area contributed by atoms with E-state index in [1.165, 1.54) is 25.7 Å². The van der Waals surface area contributed by atoms with E-state index < -0.39 is 0 Å². The standard InChI is InChI=1S/C14H23N5/c1-15-12-5-6-19(9-12)14-7-13(17-10-18-14)16-8-11-3-2-4-11/h7,10-12,15H,2-6,8-9H2,1H3,(H,16,17,18). The average molecular weight is 261 g/mol. The summed E-state index contributed by atoms with van der Waals surface area (Å²) in [6.07, 6.45) is 6.97. The molecule has 2 aliphatic rings. The third-order valence-corrected chi connectivity index (χ3v) is 4.37. The van der Waals surface area contributed by atoms with Gasteiger partial charge in [-0.05, 0) is 32.2 Å². The van der Waals surface area contributed by atoms with E-state index in [9.17, 15) is 0 Å². The number of hydrogen-bond donors (Lipinski definition) is 2. The summed E-state index contributed by atoms with van der Waals surface area (Å²) in [6.45, 7) is 3.16. The lowest BCUT2D eigenvalue weighted by molar-refractivity contribution is 0.333. The Labute approximate surface area is 114 Å². The molecule has 0 amide bonds. The molecule has 5 nitrogen and oxygen atoms in total. The Bertz CT molecular complexity index is 418. The first-order valence-electron chi connectivity index (χ1n) is 7.33. The molecule has 0 radical (unpaired) electrons. The quantitative estimate of drug-likeness (QED) is 0.841. The minimum absolute atomic E-state index is 0.585. The Kier molecular flexibility index (Phi) is 3.82. The van der Waals surface area contributed by atoms with E-state index in [0.29, 0.717) is 6.04 Å². The first-order valence-corrected chi connectivity index (χ1v) is 7.33. The van der Waals surface area contributed by atoms with E-state index in [2.05, 4.69) is 31.6 Å². The molecule has 3 rings (SSSR count). The van der Waals surface area contributed by atoms with Crippen LogP contribution in [0.1, 0.15) is 25.7 Å². The van der Waals surface area contributed by atoms with E-state index in [1.807, 2.05) is 7.05 Å². The van der Waals surface area contributed by atoms with E-state index >= 15 is 0 Å². The van der Waals surface area contributed by atoms with Crippen LogP contribution in [0.4, 0.5) is 11.6 Å². The number of likely N-dealkylation sites (N-methyl/N-ethyl adjacent to an activating group) is 1. The van der Waals surface area contributed by atoms with Gasteiger partial charge >= 0.3 is 0 Å². The molecule has 1 aromatic heterocycles. The maximum Gasteiger partial charge on any atom is 0.134 e. The van der Waals surface area contributed by atoms with Crippen molar-refractivity contribution in [3.05, 3.63) is 12.4 Å². The minimum Gasteiger partial charge on any atom is -0.370 e. The summed E-state index contributed by atoms with van der Waals surface area (Å²) < 4.78 is 0. The molecule has 0 spiro atoms. The molecule has 1 aliphatic carbocycles. The van der Waals surface area contributed by atoms with Crippen molar-refractivity contribution in [2.75, 3.05) is 36.9 Å². The highest BCUT2D eigenvalue weighted by Crippen LogP contribution is 2.26. The van der Waals surface area contributed by atoms with Crippen LogP contribution < -0.4 is 15.5 Å². The van der Waals surface area contributed by atoms with Crippen LogP contribution in [0.15, 0.2) is 12.4 Å². The smallest absolute Gasteiger partial charge is 0.134 e. The Balaban J connectivity index is 1.59. The van der Waals surface area contributed by atoms with Crippen LogP contribution in [0.2, 0.25) is 0 Å². The zero-order chi connectivity index (χ0) is 13.1. The zero-order valence-electron chi connectivity index (χ0n) is 11.6. The summed E-state index contributed by atoms with van der Waals surface area (Å²) in [5.41, 5.74) is 0. The molecule has 0 aromatic carbocycles. The second kappa shape index (κ2) is 5.74. The number of anilines is 2. The fraction of sp³-hybridized carbons (Fsp3) is 0.714. The number of nitrogens with zero attached hydrogens (tertiary/aromatic N) is 3. The van der Waals surface area contributed by atoms with E-state index in [4.69, 9.17) is 0 Å². The van der Waals surface area contributed by atoms with Gasteiger partial charge in [-0.25, -0.2) is 9.97 Å². The summed E-state index contributed by atoms with van der Waals surface area (Å²) in [7, 11) is 2.03. The molecular weight excluding hydrogens is 238 g/mol. The van der Waals surface area contributed by atoms with Gasteiger partial charge in [0.05, 0.1) is 0 Å². The van der Waals surface area contributed by atoms with Gasteiger partial charge in [0.1, 0.15) is 18.0 Å². The molecule has 19 heavy (non-hydrogen) atoms. The average Bonchev–Trinajstić information content (AvgIpc) is 2.86. The fourth-order valence-electron chi connectivity index (χ4n) is 2.77. The van der Waals surface area contributed by atoms with Gasteiger partial charge < -0.3 is 15.5 Å². The Hall–Kier alpha value is -1.36. The van der Waals surface area contributed by atoms with Crippen LogP contribution in [0.3, 0.4) is 0 Å². The monoisotopic (exact) mass is 261 g/mol. The van der Waals surface area contributed by atoms with Crippen LogP contribution in [0.5, 0.6) is 0 Å². The van der Waals surface area contributed by atoms with Crippen molar-refractivity contribution >= 4 is 11.6 Å². The molecule has 104 valence electrons. The highest BCUT2D eigenvalue weighted by molar-refractivity contribution is 5.49. The van der Waals surface area contributed by atoms with Gasteiger partial charge in [-0.1, -0.05) is 6.42 Å². The highest BCUT2D eigenvalue weighted by Gasteiger charge is 2.22. The Morgan fingerprint density at radius 3 is 2.89 bits per heavy atom. The molecule has 1 atom stereocenters. The minimum atomic E-state index is 0.585. The van der Waals surface area contributed by atoms with Crippen molar-refractivity contribution in [1.82, 2.24) is 15.3 Å². The Morgan fingerprint density at radius 1 is 1.32 bits per heavy atom. The predicted octanol–water partition coefficient (Wildman–Crippen LogP) is 1.49. The third kappa shape index (κ3) is 2.97. The van der Waals surface area contributed by atoms with Gasteiger partial charge in [-0.2, -0.15) is 0 Å². The van der Waals surface area contributed by atoms with Crippen LogP contribution >= 0.6 is 0 Å². The summed E-state index contributed by atoms with van der Waals surface area (Å²) in [4.78, 5) is 11.0. The van der Waals surface area contributed by atoms with Crippen LogP contribution in [0.25, 0.3) is 0 Å². The number of hydrogen-bond acceptors (Lipinski definition) is 5. The second-order valence-corrected chi connectivity index (χ2v) is 5.66. The summed E-state index contributed by atoms with van der Waals surface area (Å²) >= 11 is 0. The van der Waals surface area contributed by atoms with Crippen molar-refractivity contribution in [2.24, 2.45) is 5.92 Å². The van der Waals surface area contributed by atoms with Gasteiger partial charge in [0.15, 0.2) is 0 Å². The third-order valence-electron chi connectivity index (χ3n) is 4.37. The van der Waals surface area contributed by atoms with Crippen LogP contribution in [-0.2, 0) is 0 Å². The van der Waals surface area contributed by atoms with Gasteiger partial charge in [0.2, 0.25) is 0 Å². The summed E-state index contributed by atoms with van der Waals surface area (Å²) in [5, 5.41) is 6.78. The largest absolute Gasteiger partial charge is 0.370 e. The molecule has 1 saturated carbocycles. The van der Waals surface area contributed by atoms with Crippen molar-refractivity contribution in [1.29, 1.82) is 0 Å². The highest BCUT2D eigenvalue weighted by atomic mass is 15.2. The lowest BCUT2D eigenvalue weighted by atomic mass is 9.85. The molecule has 1 aromatic rings. The fourth-order valence-corrected chi connectivity index (χ4v) is 2.77. The first-order chi connectivity index (χ1) is 9.35. The van der Waals surface area contributed by atoms with E-state index in [-0.39, 0.29) is 0 Å².